The van der Waals surface area contributed by atoms with Crippen molar-refractivity contribution in [3.05, 3.63) is 50.6 Å². The molecule has 0 aliphatic rings. The number of amides is 1. The maximum atomic E-state index is 12.4. The van der Waals surface area contributed by atoms with Crippen molar-refractivity contribution in [1.29, 1.82) is 0 Å². The Labute approximate surface area is 166 Å². The van der Waals surface area contributed by atoms with Crippen LogP contribution in [0.2, 0.25) is 0 Å². The molecule has 25 heavy (non-hydrogen) atoms. The van der Waals surface area contributed by atoms with Crippen LogP contribution in [0.25, 0.3) is 0 Å². The molecule has 7 heteroatoms. The van der Waals surface area contributed by atoms with Gasteiger partial charge in [-0.1, -0.05) is 0 Å². The lowest BCUT2D eigenvalue weighted by atomic mass is 10.1. The summed E-state index contributed by atoms with van der Waals surface area (Å²) in [7, 11) is 3.06. The van der Waals surface area contributed by atoms with Gasteiger partial charge in [0, 0.05) is 20.9 Å². The van der Waals surface area contributed by atoms with Crippen molar-refractivity contribution in [2.75, 3.05) is 19.5 Å². The maximum Gasteiger partial charge on any atom is 0.257 e. The van der Waals surface area contributed by atoms with E-state index in [4.69, 9.17) is 21.7 Å². The molecule has 0 saturated carbocycles. The Morgan fingerprint density at radius 3 is 2.16 bits per heavy atom. The molecule has 2 aromatic carbocycles. The number of carbonyl (C=O) groups excluding carboxylic acids is 1. The fourth-order valence-corrected chi connectivity index (χ4v) is 3.01. The van der Waals surface area contributed by atoms with Crippen LogP contribution in [0.4, 0.5) is 5.69 Å². The van der Waals surface area contributed by atoms with Gasteiger partial charge in [-0.05, 0) is 84.0 Å². The number of methoxy groups -OCH3 is 2. The van der Waals surface area contributed by atoms with Gasteiger partial charge in [0.2, 0.25) is 0 Å². The van der Waals surface area contributed by atoms with Gasteiger partial charge in [0.25, 0.3) is 5.91 Å². The maximum absolute atomic E-state index is 12.4. The highest BCUT2D eigenvalue weighted by atomic mass is 127. The molecule has 0 aliphatic carbocycles. The standard InChI is InChI=1S/C18H19IN2O3S/c1-10-6-16(11(2)5-15(10)19)20-18(25)21-17(22)12-7-13(23-3)9-14(8-12)24-4/h5-9H,1-4H3,(H2,20,21,22,25). The molecule has 0 unspecified atom stereocenters. The van der Waals surface area contributed by atoms with Gasteiger partial charge in [0.1, 0.15) is 11.5 Å². The molecule has 0 atom stereocenters. The van der Waals surface area contributed by atoms with Crippen LogP contribution in [-0.4, -0.2) is 25.2 Å². The van der Waals surface area contributed by atoms with E-state index in [-0.39, 0.29) is 11.0 Å². The average Bonchev–Trinajstić information content (AvgIpc) is 2.58. The molecule has 0 radical (unpaired) electrons. The molecule has 0 bridgehead atoms. The van der Waals surface area contributed by atoms with Crippen molar-refractivity contribution in [1.82, 2.24) is 5.32 Å². The topological polar surface area (TPSA) is 59.6 Å². The largest absolute Gasteiger partial charge is 0.497 e. The first kappa shape index (κ1) is 19.5. The number of nitrogens with one attached hydrogen (secondary N) is 2. The lowest BCUT2D eigenvalue weighted by Gasteiger charge is -2.14. The number of anilines is 1. The van der Waals surface area contributed by atoms with E-state index >= 15 is 0 Å². The van der Waals surface area contributed by atoms with Gasteiger partial charge in [-0.25, -0.2) is 0 Å². The van der Waals surface area contributed by atoms with Gasteiger partial charge >= 0.3 is 0 Å². The molecule has 1 amide bonds. The number of aryl methyl sites for hydroxylation is 2. The van der Waals surface area contributed by atoms with Crippen LogP contribution in [0.1, 0.15) is 21.5 Å². The molecular formula is C18H19IN2O3S. The minimum Gasteiger partial charge on any atom is -0.497 e. The molecule has 0 saturated heterocycles. The Hall–Kier alpha value is -1.87. The summed E-state index contributed by atoms with van der Waals surface area (Å²) in [6.45, 7) is 4.01. The second-order valence-corrected chi connectivity index (χ2v) is 7.00. The third-order valence-electron chi connectivity index (χ3n) is 3.59. The number of thiocarbonyl (C=S) groups is 1. The summed E-state index contributed by atoms with van der Waals surface area (Å²) in [6, 6.07) is 9.02. The third-order valence-corrected chi connectivity index (χ3v) is 4.96. The van der Waals surface area contributed by atoms with E-state index in [1.165, 1.54) is 17.8 Å². The highest BCUT2D eigenvalue weighted by molar-refractivity contribution is 14.1. The van der Waals surface area contributed by atoms with Crippen molar-refractivity contribution >= 4 is 51.5 Å². The zero-order chi connectivity index (χ0) is 18.6. The van der Waals surface area contributed by atoms with Crippen LogP contribution in [0.15, 0.2) is 30.3 Å². The molecule has 2 rings (SSSR count). The van der Waals surface area contributed by atoms with Gasteiger partial charge in [-0.2, -0.15) is 0 Å². The van der Waals surface area contributed by atoms with Gasteiger partial charge in [0.15, 0.2) is 5.11 Å². The fraction of sp³-hybridized carbons (Fsp3) is 0.222. The predicted molar refractivity (Wildman–Crippen MR) is 112 cm³/mol. The summed E-state index contributed by atoms with van der Waals surface area (Å²) in [6.07, 6.45) is 0. The first-order chi connectivity index (χ1) is 11.8. The van der Waals surface area contributed by atoms with E-state index in [1.807, 2.05) is 19.9 Å². The van der Waals surface area contributed by atoms with Gasteiger partial charge in [-0.3, -0.25) is 10.1 Å². The summed E-state index contributed by atoms with van der Waals surface area (Å²) < 4.78 is 11.5. The lowest BCUT2D eigenvalue weighted by molar-refractivity contribution is 0.0977. The van der Waals surface area contributed by atoms with Crippen molar-refractivity contribution < 1.29 is 14.3 Å². The smallest absolute Gasteiger partial charge is 0.257 e. The third kappa shape index (κ3) is 5.05. The Bertz CT molecular complexity index is 802. The second-order valence-electron chi connectivity index (χ2n) is 5.43. The molecule has 5 nitrogen and oxygen atoms in total. The van der Waals surface area contributed by atoms with Crippen molar-refractivity contribution in [3.63, 3.8) is 0 Å². The molecule has 0 heterocycles. The van der Waals surface area contributed by atoms with E-state index in [1.54, 1.807) is 18.2 Å². The Balaban J connectivity index is 2.13. The Kier molecular flexibility index (Phi) is 6.60. The summed E-state index contributed by atoms with van der Waals surface area (Å²) >= 11 is 7.55. The average molecular weight is 470 g/mol. The molecule has 2 N–H and O–H groups in total. The van der Waals surface area contributed by atoms with E-state index in [0.29, 0.717) is 17.1 Å². The predicted octanol–water partition coefficient (Wildman–Crippen LogP) is 4.05. The molecule has 2 aromatic rings. The second kappa shape index (κ2) is 8.48. The Morgan fingerprint density at radius 2 is 1.60 bits per heavy atom. The van der Waals surface area contributed by atoms with Crippen molar-refractivity contribution in [2.24, 2.45) is 0 Å². The zero-order valence-corrected chi connectivity index (χ0v) is 17.4. The van der Waals surface area contributed by atoms with Crippen LogP contribution in [0.5, 0.6) is 11.5 Å². The highest BCUT2D eigenvalue weighted by Crippen LogP contribution is 2.23. The van der Waals surface area contributed by atoms with Crippen LogP contribution in [0.3, 0.4) is 0 Å². The van der Waals surface area contributed by atoms with Crippen LogP contribution in [-0.2, 0) is 0 Å². The summed E-state index contributed by atoms with van der Waals surface area (Å²) in [5.41, 5.74) is 3.46. The van der Waals surface area contributed by atoms with Crippen LogP contribution >= 0.6 is 34.8 Å². The zero-order valence-electron chi connectivity index (χ0n) is 14.4. The first-order valence-electron chi connectivity index (χ1n) is 7.46. The summed E-state index contributed by atoms with van der Waals surface area (Å²) in [5.74, 6) is 0.731. The normalized spacial score (nSPS) is 10.1. The minimum absolute atomic E-state index is 0.232. The molecule has 0 aliphatic heterocycles. The SMILES string of the molecule is COc1cc(OC)cc(C(=O)NC(=S)Nc2cc(C)c(I)cc2C)c1. The molecule has 132 valence electrons. The first-order valence-corrected chi connectivity index (χ1v) is 8.95. The van der Waals surface area contributed by atoms with E-state index in [9.17, 15) is 4.79 Å². The van der Waals surface area contributed by atoms with Gasteiger partial charge < -0.3 is 14.8 Å². The lowest BCUT2D eigenvalue weighted by Crippen LogP contribution is -2.34. The van der Waals surface area contributed by atoms with E-state index in [0.717, 1.165) is 16.8 Å². The number of carbonyl (C=O) groups is 1. The molecular weight excluding hydrogens is 451 g/mol. The number of halogens is 1. The summed E-state index contributed by atoms with van der Waals surface area (Å²) in [4.78, 5) is 12.4. The highest BCUT2D eigenvalue weighted by Gasteiger charge is 2.12. The number of ether oxygens (including phenoxy) is 2. The minimum atomic E-state index is -0.338. The van der Waals surface area contributed by atoms with E-state index < -0.39 is 0 Å². The van der Waals surface area contributed by atoms with Crippen molar-refractivity contribution in [2.45, 2.75) is 13.8 Å². The van der Waals surface area contributed by atoms with Crippen LogP contribution in [0, 0.1) is 17.4 Å². The number of benzene rings is 2. The van der Waals surface area contributed by atoms with Gasteiger partial charge in [-0.15, -0.1) is 0 Å². The number of rotatable bonds is 4. The number of hydrogen-bond acceptors (Lipinski definition) is 4. The number of hydrogen-bond donors (Lipinski definition) is 2. The fourth-order valence-electron chi connectivity index (χ4n) is 2.18. The molecule has 0 aromatic heterocycles. The summed E-state index contributed by atoms with van der Waals surface area (Å²) in [5, 5.41) is 5.98. The molecule has 0 spiro atoms. The van der Waals surface area contributed by atoms with Gasteiger partial charge in [0.05, 0.1) is 14.2 Å². The Morgan fingerprint density at radius 1 is 1.00 bits per heavy atom. The quantitative estimate of drug-likeness (QED) is 0.522. The monoisotopic (exact) mass is 470 g/mol. The van der Waals surface area contributed by atoms with Crippen molar-refractivity contribution in [3.8, 4) is 11.5 Å². The van der Waals surface area contributed by atoms with Crippen LogP contribution < -0.4 is 20.1 Å². The van der Waals surface area contributed by atoms with E-state index in [2.05, 4.69) is 39.3 Å². The molecule has 0 fully saturated rings.